The van der Waals surface area contributed by atoms with E-state index >= 15 is 0 Å². The molecule has 0 spiro atoms. The minimum absolute atomic E-state index is 0.443. The number of Topliss-reactive ketones (excluding diaryl/α,β-unsaturated/α-hetero) is 1. The van der Waals surface area contributed by atoms with Crippen molar-refractivity contribution in [1.82, 2.24) is 0 Å². The van der Waals surface area contributed by atoms with Gasteiger partial charge in [-0.1, -0.05) is 0 Å². The predicted molar refractivity (Wildman–Crippen MR) is 41.3 cm³/mol. The van der Waals surface area contributed by atoms with E-state index in [1.807, 2.05) is 0 Å². The molecule has 0 aromatic rings. The minimum Gasteiger partial charge on any atom is -0.381 e. The van der Waals surface area contributed by atoms with Gasteiger partial charge in [0.25, 0.3) is 0 Å². The van der Waals surface area contributed by atoms with Crippen LogP contribution >= 0.6 is 0 Å². The number of fused-ring (bicyclic) bond motifs is 1. The number of rotatable bonds is 1. The predicted octanol–water partition coefficient (Wildman–Crippen LogP) is 1.39. The smallest absolute Gasteiger partial charge is 0.133 e. The second kappa shape index (κ2) is 2.59. The zero-order valence-electron chi connectivity index (χ0n) is 6.88. The van der Waals surface area contributed by atoms with Crippen LogP contribution in [0.3, 0.4) is 0 Å². The van der Waals surface area contributed by atoms with E-state index in [0.717, 1.165) is 25.7 Å². The first kappa shape index (κ1) is 7.29. The first-order chi connectivity index (χ1) is 5.29. The average molecular weight is 154 g/mol. The van der Waals surface area contributed by atoms with Crippen LogP contribution < -0.4 is 0 Å². The molecule has 2 rings (SSSR count). The van der Waals surface area contributed by atoms with Gasteiger partial charge in [0.05, 0.1) is 6.10 Å². The van der Waals surface area contributed by atoms with E-state index in [9.17, 15) is 4.79 Å². The van der Waals surface area contributed by atoms with E-state index in [1.165, 1.54) is 0 Å². The molecule has 2 atom stereocenters. The number of ketones is 1. The van der Waals surface area contributed by atoms with Crippen molar-refractivity contribution in [3.05, 3.63) is 0 Å². The fraction of sp³-hybridized carbons (Fsp3) is 0.889. The van der Waals surface area contributed by atoms with Crippen molar-refractivity contribution in [3.63, 3.8) is 0 Å². The van der Waals surface area contributed by atoms with E-state index in [2.05, 4.69) is 0 Å². The second-order valence-corrected chi connectivity index (χ2v) is 3.80. The summed E-state index contributed by atoms with van der Waals surface area (Å²) in [6.07, 6.45) is 4.33. The highest BCUT2D eigenvalue weighted by Crippen LogP contribution is 2.43. The number of hydrogen-bond donors (Lipinski definition) is 0. The standard InChI is InChI=1S/C9H14O2/c1-11-9-4-6-2-8(10)3-7(6)5-9/h6-7,9H,2-5H2,1H3/t6-,7-/m0/s1. The molecular formula is C9H14O2. The van der Waals surface area contributed by atoms with Gasteiger partial charge < -0.3 is 4.74 Å². The molecule has 2 heteroatoms. The maximum absolute atomic E-state index is 11.0. The van der Waals surface area contributed by atoms with Gasteiger partial charge in [-0.05, 0) is 24.7 Å². The van der Waals surface area contributed by atoms with Gasteiger partial charge in [0.15, 0.2) is 0 Å². The van der Waals surface area contributed by atoms with Gasteiger partial charge in [-0.25, -0.2) is 0 Å². The molecule has 0 N–H and O–H groups in total. The molecule has 0 unspecified atom stereocenters. The first-order valence-electron chi connectivity index (χ1n) is 4.34. The molecule has 11 heavy (non-hydrogen) atoms. The van der Waals surface area contributed by atoms with Crippen molar-refractivity contribution in [2.75, 3.05) is 7.11 Å². The number of carbonyl (C=O) groups is 1. The fourth-order valence-corrected chi connectivity index (χ4v) is 2.52. The van der Waals surface area contributed by atoms with Crippen LogP contribution in [0, 0.1) is 11.8 Å². The molecule has 0 saturated heterocycles. The van der Waals surface area contributed by atoms with Crippen LogP contribution in [0.2, 0.25) is 0 Å². The molecule has 0 amide bonds. The molecule has 0 heterocycles. The molecule has 0 aliphatic heterocycles. The lowest BCUT2D eigenvalue weighted by molar-refractivity contribution is -0.118. The van der Waals surface area contributed by atoms with Crippen molar-refractivity contribution in [2.45, 2.75) is 31.8 Å². The Kier molecular flexibility index (Phi) is 1.72. The Balaban J connectivity index is 1.98. The quantitative estimate of drug-likeness (QED) is 0.570. The minimum atomic E-state index is 0.443. The lowest BCUT2D eigenvalue weighted by atomic mass is 10.0. The van der Waals surface area contributed by atoms with Crippen LogP contribution in [0.15, 0.2) is 0 Å². The maximum atomic E-state index is 11.0. The first-order valence-corrected chi connectivity index (χ1v) is 4.34. The largest absolute Gasteiger partial charge is 0.381 e. The van der Waals surface area contributed by atoms with Crippen LogP contribution in [-0.4, -0.2) is 19.0 Å². The SMILES string of the molecule is COC1C[C@@H]2CC(=O)C[C@H]2C1. The van der Waals surface area contributed by atoms with Crippen LogP contribution in [-0.2, 0) is 9.53 Å². The highest BCUT2D eigenvalue weighted by Gasteiger charge is 2.40. The average Bonchev–Trinajstić information content (AvgIpc) is 2.43. The maximum Gasteiger partial charge on any atom is 0.133 e. The Morgan fingerprint density at radius 1 is 1.27 bits per heavy atom. The van der Waals surface area contributed by atoms with Gasteiger partial charge in [-0.2, -0.15) is 0 Å². The van der Waals surface area contributed by atoms with E-state index in [-0.39, 0.29) is 0 Å². The third-order valence-corrected chi connectivity index (χ3v) is 3.11. The Bertz CT molecular complexity index is 160. The van der Waals surface area contributed by atoms with E-state index in [1.54, 1.807) is 7.11 Å². The molecule has 2 aliphatic rings. The molecule has 0 radical (unpaired) electrons. The monoisotopic (exact) mass is 154 g/mol. The summed E-state index contributed by atoms with van der Waals surface area (Å²) in [6, 6.07) is 0. The molecule has 2 saturated carbocycles. The molecule has 0 aromatic carbocycles. The van der Waals surface area contributed by atoms with Gasteiger partial charge in [0.2, 0.25) is 0 Å². The van der Waals surface area contributed by atoms with E-state index in [0.29, 0.717) is 23.7 Å². The van der Waals surface area contributed by atoms with Gasteiger partial charge in [0.1, 0.15) is 5.78 Å². The van der Waals surface area contributed by atoms with Crippen molar-refractivity contribution < 1.29 is 9.53 Å². The van der Waals surface area contributed by atoms with Gasteiger partial charge in [-0.3, -0.25) is 4.79 Å². The van der Waals surface area contributed by atoms with E-state index < -0.39 is 0 Å². The normalized spacial score (nSPS) is 38.1. The van der Waals surface area contributed by atoms with E-state index in [4.69, 9.17) is 4.74 Å². The number of carbonyl (C=O) groups excluding carboxylic acids is 1. The van der Waals surface area contributed by atoms with Crippen LogP contribution in [0.25, 0.3) is 0 Å². The van der Waals surface area contributed by atoms with Crippen LogP contribution in [0.4, 0.5) is 0 Å². The molecule has 2 nitrogen and oxygen atoms in total. The third kappa shape index (κ3) is 1.20. The summed E-state index contributed by atoms with van der Waals surface area (Å²) < 4.78 is 5.27. The van der Waals surface area contributed by atoms with Gasteiger partial charge in [0, 0.05) is 20.0 Å². The third-order valence-electron chi connectivity index (χ3n) is 3.11. The van der Waals surface area contributed by atoms with Crippen LogP contribution in [0.5, 0.6) is 0 Å². The number of hydrogen-bond acceptors (Lipinski definition) is 2. The van der Waals surface area contributed by atoms with Crippen molar-refractivity contribution in [2.24, 2.45) is 11.8 Å². The Hall–Kier alpha value is -0.370. The van der Waals surface area contributed by atoms with Crippen molar-refractivity contribution >= 4 is 5.78 Å². The molecule has 62 valence electrons. The number of ether oxygens (including phenoxy) is 1. The molecule has 2 fully saturated rings. The summed E-state index contributed by atoms with van der Waals surface area (Å²) in [5, 5.41) is 0. The zero-order valence-corrected chi connectivity index (χ0v) is 6.88. The topological polar surface area (TPSA) is 26.3 Å². The summed E-state index contributed by atoms with van der Waals surface area (Å²) in [5.74, 6) is 1.79. The van der Waals surface area contributed by atoms with Gasteiger partial charge >= 0.3 is 0 Å². The summed E-state index contributed by atoms with van der Waals surface area (Å²) >= 11 is 0. The zero-order chi connectivity index (χ0) is 7.84. The highest BCUT2D eigenvalue weighted by molar-refractivity contribution is 5.81. The highest BCUT2D eigenvalue weighted by atomic mass is 16.5. The van der Waals surface area contributed by atoms with Crippen molar-refractivity contribution in [3.8, 4) is 0 Å². The second-order valence-electron chi connectivity index (χ2n) is 3.80. The summed E-state index contributed by atoms with van der Waals surface area (Å²) in [6.45, 7) is 0. The summed E-state index contributed by atoms with van der Waals surface area (Å²) in [7, 11) is 1.77. The molecular weight excluding hydrogens is 140 g/mol. The molecule has 0 bridgehead atoms. The molecule has 0 aromatic heterocycles. The Labute approximate surface area is 66.9 Å². The lowest BCUT2D eigenvalue weighted by Crippen LogP contribution is -2.07. The van der Waals surface area contributed by atoms with Gasteiger partial charge in [-0.15, -0.1) is 0 Å². The summed E-state index contributed by atoms with van der Waals surface area (Å²) in [4.78, 5) is 11.0. The van der Waals surface area contributed by atoms with Crippen molar-refractivity contribution in [1.29, 1.82) is 0 Å². The number of methoxy groups -OCH3 is 1. The Morgan fingerprint density at radius 3 is 2.27 bits per heavy atom. The summed E-state index contributed by atoms with van der Waals surface area (Å²) in [5.41, 5.74) is 0. The fourth-order valence-electron chi connectivity index (χ4n) is 2.52. The van der Waals surface area contributed by atoms with Crippen LogP contribution in [0.1, 0.15) is 25.7 Å². The lowest BCUT2D eigenvalue weighted by Gasteiger charge is -2.06. The molecule has 2 aliphatic carbocycles. The Morgan fingerprint density at radius 2 is 1.82 bits per heavy atom.